The van der Waals surface area contributed by atoms with Crippen LogP contribution >= 0.6 is 0 Å². The Kier molecular flexibility index (Phi) is 4.41. The molecule has 8 heteroatoms. The van der Waals surface area contributed by atoms with E-state index in [0.717, 1.165) is 16.5 Å². The van der Waals surface area contributed by atoms with Gasteiger partial charge in [-0.15, -0.1) is 4.40 Å². The van der Waals surface area contributed by atoms with Gasteiger partial charge in [0, 0.05) is 23.6 Å². The van der Waals surface area contributed by atoms with Crippen LogP contribution in [0.3, 0.4) is 0 Å². The Morgan fingerprint density at radius 1 is 1.07 bits per heavy atom. The number of hydrogen-bond donors (Lipinski definition) is 3. The number of H-pyrrole nitrogens is 1. The molecular formula is C19H18N4O3S. The van der Waals surface area contributed by atoms with E-state index in [4.69, 9.17) is 0 Å². The van der Waals surface area contributed by atoms with Crippen LogP contribution in [0.1, 0.15) is 12.0 Å². The van der Waals surface area contributed by atoms with E-state index in [0.29, 0.717) is 18.7 Å². The molecule has 7 nitrogen and oxygen atoms in total. The number of fused-ring (bicyclic) bond motifs is 2. The van der Waals surface area contributed by atoms with Gasteiger partial charge in [0.2, 0.25) is 5.91 Å². The predicted octanol–water partition coefficient (Wildman–Crippen LogP) is 2.43. The predicted molar refractivity (Wildman–Crippen MR) is 104 cm³/mol. The first kappa shape index (κ1) is 17.3. The van der Waals surface area contributed by atoms with Crippen molar-refractivity contribution in [3.63, 3.8) is 0 Å². The standard InChI is InChI=1S/C19H18N4O3S/c24-19(20-10-9-13-12-21-15-6-2-1-5-14(13)15)11-18-22-16-7-3-4-8-17(16)27(25,26)23-18/h1-8,12,21H,9-11H2,(H,20,24)(H,22,23). The number of para-hydroxylation sites is 2. The summed E-state index contributed by atoms with van der Waals surface area (Å²) >= 11 is 0. The minimum atomic E-state index is -3.78. The zero-order valence-corrected chi connectivity index (χ0v) is 15.2. The molecule has 0 atom stereocenters. The van der Waals surface area contributed by atoms with E-state index in [1.807, 2.05) is 30.5 Å². The molecule has 0 saturated heterocycles. The highest BCUT2D eigenvalue weighted by atomic mass is 32.2. The molecule has 0 aliphatic carbocycles. The van der Waals surface area contributed by atoms with Gasteiger partial charge in [-0.3, -0.25) is 4.79 Å². The van der Waals surface area contributed by atoms with E-state index in [-0.39, 0.29) is 23.1 Å². The van der Waals surface area contributed by atoms with E-state index in [1.165, 1.54) is 6.07 Å². The Hall–Kier alpha value is -3.13. The van der Waals surface area contributed by atoms with E-state index in [1.54, 1.807) is 18.2 Å². The molecule has 2 aromatic carbocycles. The Morgan fingerprint density at radius 3 is 2.74 bits per heavy atom. The Morgan fingerprint density at radius 2 is 1.85 bits per heavy atom. The van der Waals surface area contributed by atoms with Crippen molar-refractivity contribution < 1.29 is 13.2 Å². The number of nitrogens with one attached hydrogen (secondary N) is 3. The average Bonchev–Trinajstić information content (AvgIpc) is 3.04. The van der Waals surface area contributed by atoms with Crippen molar-refractivity contribution in [3.05, 3.63) is 60.3 Å². The summed E-state index contributed by atoms with van der Waals surface area (Å²) in [6.45, 7) is 0.456. The zero-order chi connectivity index (χ0) is 18.9. The van der Waals surface area contributed by atoms with Crippen molar-refractivity contribution in [1.82, 2.24) is 10.3 Å². The van der Waals surface area contributed by atoms with E-state index < -0.39 is 10.0 Å². The number of carbonyl (C=O) groups excluding carboxylic acids is 1. The highest BCUT2D eigenvalue weighted by molar-refractivity contribution is 7.90. The summed E-state index contributed by atoms with van der Waals surface area (Å²) in [5.74, 6) is -0.158. The molecule has 1 amide bonds. The molecule has 3 N–H and O–H groups in total. The highest BCUT2D eigenvalue weighted by Gasteiger charge is 2.25. The molecule has 1 aromatic heterocycles. The van der Waals surface area contributed by atoms with Crippen LogP contribution < -0.4 is 10.6 Å². The number of amidine groups is 1. The quantitative estimate of drug-likeness (QED) is 0.630. The van der Waals surface area contributed by atoms with Crippen molar-refractivity contribution in [1.29, 1.82) is 0 Å². The molecule has 0 fully saturated rings. The summed E-state index contributed by atoms with van der Waals surface area (Å²) in [6.07, 6.45) is 2.49. The van der Waals surface area contributed by atoms with Gasteiger partial charge >= 0.3 is 0 Å². The molecule has 3 aromatic rings. The number of amides is 1. The number of anilines is 1. The van der Waals surface area contributed by atoms with Crippen LogP contribution in [0.2, 0.25) is 0 Å². The van der Waals surface area contributed by atoms with Gasteiger partial charge in [0.15, 0.2) is 0 Å². The van der Waals surface area contributed by atoms with Crippen LogP contribution in [0.15, 0.2) is 64.0 Å². The topological polar surface area (TPSA) is 103 Å². The molecule has 138 valence electrons. The molecule has 4 rings (SSSR count). The first-order chi connectivity index (χ1) is 13.0. The van der Waals surface area contributed by atoms with Crippen LogP contribution in [0.25, 0.3) is 10.9 Å². The molecule has 1 aliphatic rings. The SMILES string of the molecule is O=C(CC1=NS(=O)(=O)c2ccccc2N1)NCCc1c[nH]c2ccccc12. The van der Waals surface area contributed by atoms with Crippen LogP contribution in [0.4, 0.5) is 5.69 Å². The number of carbonyl (C=O) groups is 1. The lowest BCUT2D eigenvalue weighted by molar-refractivity contribution is -0.119. The number of rotatable bonds is 5. The number of hydrogen-bond acceptors (Lipinski definition) is 4. The summed E-state index contributed by atoms with van der Waals surface area (Å²) < 4.78 is 28.1. The molecule has 0 saturated carbocycles. The van der Waals surface area contributed by atoms with Gasteiger partial charge in [-0.25, -0.2) is 0 Å². The molecule has 0 bridgehead atoms. The number of benzene rings is 2. The van der Waals surface area contributed by atoms with Gasteiger partial charge < -0.3 is 15.6 Å². The van der Waals surface area contributed by atoms with E-state index in [9.17, 15) is 13.2 Å². The van der Waals surface area contributed by atoms with Gasteiger partial charge in [-0.05, 0) is 30.2 Å². The highest BCUT2D eigenvalue weighted by Crippen LogP contribution is 2.27. The number of aromatic amines is 1. The minimum absolute atomic E-state index is 0.119. The molecule has 0 spiro atoms. The molecule has 2 heterocycles. The van der Waals surface area contributed by atoms with Crippen molar-refractivity contribution >= 4 is 38.4 Å². The monoisotopic (exact) mass is 382 g/mol. The fraction of sp³-hybridized carbons (Fsp3) is 0.158. The van der Waals surface area contributed by atoms with Gasteiger partial charge in [0.25, 0.3) is 10.0 Å². The summed E-state index contributed by atoms with van der Waals surface area (Å²) in [4.78, 5) is 15.5. The van der Waals surface area contributed by atoms with Crippen LogP contribution in [-0.2, 0) is 21.2 Å². The lowest BCUT2D eigenvalue weighted by Crippen LogP contribution is -2.31. The van der Waals surface area contributed by atoms with Gasteiger partial charge in [-0.2, -0.15) is 8.42 Å². The first-order valence-electron chi connectivity index (χ1n) is 8.54. The fourth-order valence-corrected chi connectivity index (χ4v) is 4.28. The van der Waals surface area contributed by atoms with Gasteiger partial charge in [0.1, 0.15) is 10.7 Å². The molecule has 1 aliphatic heterocycles. The zero-order valence-electron chi connectivity index (χ0n) is 14.4. The average molecular weight is 382 g/mol. The van der Waals surface area contributed by atoms with Crippen molar-refractivity contribution in [3.8, 4) is 0 Å². The second-order valence-corrected chi connectivity index (χ2v) is 7.84. The van der Waals surface area contributed by atoms with Crippen molar-refractivity contribution in [2.75, 3.05) is 11.9 Å². The summed E-state index contributed by atoms with van der Waals surface area (Å²) in [5.41, 5.74) is 2.62. The lowest BCUT2D eigenvalue weighted by atomic mass is 10.1. The first-order valence-corrected chi connectivity index (χ1v) is 9.98. The van der Waals surface area contributed by atoms with Gasteiger partial charge in [0.05, 0.1) is 12.1 Å². The fourth-order valence-electron chi connectivity index (χ4n) is 3.13. The van der Waals surface area contributed by atoms with Crippen molar-refractivity contribution in [2.24, 2.45) is 4.40 Å². The molecular weight excluding hydrogens is 364 g/mol. The maximum atomic E-state index is 12.2. The third-order valence-corrected chi connectivity index (χ3v) is 5.77. The number of sulfonamides is 1. The van der Waals surface area contributed by atoms with Crippen LogP contribution in [0, 0.1) is 0 Å². The molecule has 0 unspecified atom stereocenters. The third kappa shape index (κ3) is 3.56. The van der Waals surface area contributed by atoms with Gasteiger partial charge in [-0.1, -0.05) is 30.3 Å². The summed E-state index contributed by atoms with van der Waals surface area (Å²) in [5, 5.41) is 6.86. The number of aromatic nitrogens is 1. The maximum absolute atomic E-state index is 12.2. The van der Waals surface area contributed by atoms with E-state index in [2.05, 4.69) is 20.0 Å². The Balaban J connectivity index is 1.37. The third-order valence-electron chi connectivity index (χ3n) is 4.39. The summed E-state index contributed by atoms with van der Waals surface area (Å²) in [7, 11) is -3.78. The van der Waals surface area contributed by atoms with Crippen molar-refractivity contribution in [2.45, 2.75) is 17.7 Å². The second kappa shape index (κ2) is 6.88. The Bertz CT molecular complexity index is 1150. The second-order valence-electron chi connectivity index (χ2n) is 6.27. The molecule has 0 radical (unpaired) electrons. The lowest BCUT2D eigenvalue weighted by Gasteiger charge is -2.17. The maximum Gasteiger partial charge on any atom is 0.286 e. The summed E-state index contributed by atoms with van der Waals surface area (Å²) in [6, 6.07) is 14.5. The number of nitrogens with zero attached hydrogens (tertiary/aromatic N) is 1. The molecule has 27 heavy (non-hydrogen) atoms. The largest absolute Gasteiger partial charge is 0.361 e. The van der Waals surface area contributed by atoms with Crippen LogP contribution in [0.5, 0.6) is 0 Å². The Labute approximate surface area is 156 Å². The normalized spacial score (nSPS) is 14.9. The van der Waals surface area contributed by atoms with Crippen LogP contribution in [-0.4, -0.2) is 31.7 Å². The minimum Gasteiger partial charge on any atom is -0.361 e. The smallest absolute Gasteiger partial charge is 0.286 e. The van der Waals surface area contributed by atoms with E-state index >= 15 is 0 Å².